The van der Waals surface area contributed by atoms with Crippen LogP contribution >= 0.6 is 0 Å². The van der Waals surface area contributed by atoms with E-state index in [1.165, 1.54) is 7.11 Å². The molecule has 0 radical (unpaired) electrons. The summed E-state index contributed by atoms with van der Waals surface area (Å²) in [5.74, 6) is 1.05. The molecule has 29 heavy (non-hydrogen) atoms. The number of ketones is 1. The first kappa shape index (κ1) is 20.7. The third kappa shape index (κ3) is 4.53. The molecule has 2 aromatic carbocycles. The number of rotatable bonds is 9. The molecule has 1 aliphatic carbocycles. The zero-order chi connectivity index (χ0) is 20.8. The number of carbonyl (C=O) groups excluding carboxylic acids is 2. The summed E-state index contributed by atoms with van der Waals surface area (Å²) in [6.07, 6.45) is 3.03. The highest BCUT2D eigenvalue weighted by molar-refractivity contribution is 6.01. The summed E-state index contributed by atoms with van der Waals surface area (Å²) in [4.78, 5) is 24.0. The van der Waals surface area contributed by atoms with Gasteiger partial charge in [0.2, 0.25) is 5.75 Å². The lowest BCUT2D eigenvalue weighted by Gasteiger charge is -2.18. The average molecular weight is 398 g/mol. The fourth-order valence-corrected chi connectivity index (χ4v) is 3.40. The maximum Gasteiger partial charge on any atom is 0.344 e. The lowest BCUT2D eigenvalue weighted by atomic mass is 9.99. The molecule has 0 N–H and O–H groups in total. The number of fused-ring (bicyclic) bond motifs is 1. The van der Waals surface area contributed by atoms with Gasteiger partial charge in [0.05, 0.1) is 20.8 Å². The Bertz CT molecular complexity index is 902. The summed E-state index contributed by atoms with van der Waals surface area (Å²) in [6.45, 7) is 2.17. The average Bonchev–Trinajstić information content (AvgIpc) is 3.11. The Morgan fingerprint density at radius 3 is 2.52 bits per heavy atom. The maximum absolute atomic E-state index is 12.0. The smallest absolute Gasteiger partial charge is 0.344 e. The Balaban J connectivity index is 1.93. The van der Waals surface area contributed by atoms with E-state index in [-0.39, 0.29) is 12.4 Å². The number of hydrogen-bond acceptors (Lipinski definition) is 6. The van der Waals surface area contributed by atoms with Crippen molar-refractivity contribution in [3.8, 4) is 28.4 Å². The van der Waals surface area contributed by atoms with Crippen LogP contribution in [0.1, 0.15) is 42.1 Å². The van der Waals surface area contributed by atoms with E-state index in [4.69, 9.17) is 18.9 Å². The Hall–Kier alpha value is -3.02. The first-order valence-corrected chi connectivity index (χ1v) is 9.79. The van der Waals surface area contributed by atoms with Crippen LogP contribution in [-0.4, -0.2) is 39.2 Å². The summed E-state index contributed by atoms with van der Waals surface area (Å²) in [7, 11) is 3.07. The van der Waals surface area contributed by atoms with Crippen LogP contribution in [0.4, 0.5) is 0 Å². The number of hydrogen-bond donors (Lipinski definition) is 0. The minimum Gasteiger partial charge on any atom is -0.493 e. The van der Waals surface area contributed by atoms with Crippen molar-refractivity contribution in [1.29, 1.82) is 0 Å². The number of esters is 1. The van der Waals surface area contributed by atoms with Crippen LogP contribution in [0, 0.1) is 0 Å². The third-order valence-electron chi connectivity index (χ3n) is 4.93. The SMILES string of the molecule is CCCCOC(=O)COc1c(-c2ccc3c(c2)CCC3=O)ccc(OC)c1OC. The highest BCUT2D eigenvalue weighted by Gasteiger charge is 2.23. The minimum atomic E-state index is -0.436. The molecule has 6 heteroatoms. The van der Waals surface area contributed by atoms with Crippen molar-refractivity contribution in [3.63, 3.8) is 0 Å². The van der Waals surface area contributed by atoms with Crippen molar-refractivity contribution >= 4 is 11.8 Å². The highest BCUT2D eigenvalue weighted by atomic mass is 16.6. The number of benzene rings is 2. The number of unbranched alkanes of at least 4 members (excludes halogenated alkanes) is 1. The second kappa shape index (κ2) is 9.45. The van der Waals surface area contributed by atoms with Crippen LogP contribution in [0.5, 0.6) is 17.2 Å². The van der Waals surface area contributed by atoms with Gasteiger partial charge in [-0.05, 0) is 36.1 Å². The number of methoxy groups -OCH3 is 2. The summed E-state index contributed by atoms with van der Waals surface area (Å²) < 4.78 is 21.9. The molecule has 0 unspecified atom stereocenters. The lowest BCUT2D eigenvalue weighted by molar-refractivity contribution is -0.146. The molecule has 6 nitrogen and oxygen atoms in total. The van der Waals surface area contributed by atoms with E-state index in [2.05, 4.69) is 0 Å². The molecule has 0 spiro atoms. The van der Waals surface area contributed by atoms with E-state index in [9.17, 15) is 9.59 Å². The van der Waals surface area contributed by atoms with Crippen molar-refractivity contribution in [3.05, 3.63) is 41.5 Å². The van der Waals surface area contributed by atoms with Crippen LogP contribution < -0.4 is 14.2 Å². The van der Waals surface area contributed by atoms with E-state index >= 15 is 0 Å². The normalized spacial score (nSPS) is 12.4. The number of ether oxygens (including phenoxy) is 4. The van der Waals surface area contributed by atoms with Gasteiger partial charge in [-0.1, -0.05) is 31.5 Å². The summed E-state index contributed by atoms with van der Waals surface area (Å²) in [5, 5.41) is 0. The molecular formula is C23H26O6. The number of Topliss-reactive ketones (excluding diaryl/α,β-unsaturated/α-hetero) is 1. The van der Waals surface area contributed by atoms with Gasteiger partial charge in [-0.25, -0.2) is 4.79 Å². The van der Waals surface area contributed by atoms with Gasteiger partial charge in [0.1, 0.15) is 0 Å². The van der Waals surface area contributed by atoms with Crippen molar-refractivity contribution in [1.82, 2.24) is 0 Å². The Kier molecular flexibility index (Phi) is 6.75. The van der Waals surface area contributed by atoms with Crippen LogP contribution in [0.2, 0.25) is 0 Å². The molecule has 3 rings (SSSR count). The molecule has 0 aromatic heterocycles. The second-order valence-corrected chi connectivity index (χ2v) is 6.84. The molecule has 0 fully saturated rings. The van der Waals surface area contributed by atoms with Crippen LogP contribution in [-0.2, 0) is 16.0 Å². The quantitative estimate of drug-likeness (QED) is 0.465. The molecule has 2 aromatic rings. The van der Waals surface area contributed by atoms with E-state index < -0.39 is 5.97 Å². The van der Waals surface area contributed by atoms with Gasteiger partial charge in [0.25, 0.3) is 0 Å². The standard InChI is InChI=1S/C23H26O6/c1-4-5-12-28-21(25)14-29-22-18(9-11-20(26-2)23(22)27-3)16-6-8-17-15(13-16)7-10-19(17)24/h6,8-9,11,13H,4-5,7,10,12,14H2,1-3H3. The largest absolute Gasteiger partial charge is 0.493 e. The summed E-state index contributed by atoms with van der Waals surface area (Å²) in [5.41, 5.74) is 3.43. The Morgan fingerprint density at radius 1 is 1.00 bits per heavy atom. The van der Waals surface area contributed by atoms with E-state index in [0.717, 1.165) is 41.5 Å². The fraction of sp³-hybridized carbons (Fsp3) is 0.391. The van der Waals surface area contributed by atoms with Gasteiger partial charge in [0, 0.05) is 17.5 Å². The monoisotopic (exact) mass is 398 g/mol. The van der Waals surface area contributed by atoms with Gasteiger partial charge in [0.15, 0.2) is 23.9 Å². The topological polar surface area (TPSA) is 71.1 Å². The molecule has 0 saturated heterocycles. The molecule has 0 atom stereocenters. The van der Waals surface area contributed by atoms with Crippen molar-refractivity contribution in [2.24, 2.45) is 0 Å². The number of carbonyl (C=O) groups is 2. The molecule has 0 bridgehead atoms. The highest BCUT2D eigenvalue weighted by Crippen LogP contribution is 2.45. The van der Waals surface area contributed by atoms with Crippen LogP contribution in [0.25, 0.3) is 11.1 Å². The van der Waals surface area contributed by atoms with Crippen molar-refractivity contribution in [2.45, 2.75) is 32.6 Å². The van der Waals surface area contributed by atoms with Crippen LogP contribution in [0.15, 0.2) is 30.3 Å². The van der Waals surface area contributed by atoms with E-state index in [1.807, 2.05) is 31.2 Å². The zero-order valence-corrected chi connectivity index (χ0v) is 17.1. The predicted molar refractivity (Wildman–Crippen MR) is 109 cm³/mol. The number of aryl methyl sites for hydroxylation is 1. The minimum absolute atomic E-state index is 0.171. The first-order valence-electron chi connectivity index (χ1n) is 9.79. The lowest BCUT2D eigenvalue weighted by Crippen LogP contribution is -2.16. The second-order valence-electron chi connectivity index (χ2n) is 6.84. The zero-order valence-electron chi connectivity index (χ0n) is 17.1. The van der Waals surface area contributed by atoms with Crippen molar-refractivity contribution in [2.75, 3.05) is 27.4 Å². The molecule has 1 aliphatic rings. The third-order valence-corrected chi connectivity index (χ3v) is 4.93. The molecule has 0 heterocycles. The fourth-order valence-electron chi connectivity index (χ4n) is 3.40. The van der Waals surface area contributed by atoms with Gasteiger partial charge in [-0.2, -0.15) is 0 Å². The molecule has 0 amide bonds. The van der Waals surface area contributed by atoms with Gasteiger partial charge in [-0.15, -0.1) is 0 Å². The predicted octanol–water partition coefficient (Wildman–Crippen LogP) is 4.22. The summed E-state index contributed by atoms with van der Waals surface area (Å²) in [6, 6.07) is 9.37. The summed E-state index contributed by atoms with van der Waals surface area (Å²) >= 11 is 0. The Labute approximate surface area is 170 Å². The molecule has 154 valence electrons. The van der Waals surface area contributed by atoms with Crippen molar-refractivity contribution < 1.29 is 28.5 Å². The first-order chi connectivity index (χ1) is 14.1. The molecular weight excluding hydrogens is 372 g/mol. The van der Waals surface area contributed by atoms with Gasteiger partial charge >= 0.3 is 5.97 Å². The molecule has 0 saturated carbocycles. The van der Waals surface area contributed by atoms with Crippen LogP contribution in [0.3, 0.4) is 0 Å². The maximum atomic E-state index is 12.0. The van der Waals surface area contributed by atoms with E-state index in [1.54, 1.807) is 13.2 Å². The molecule has 0 aliphatic heterocycles. The van der Waals surface area contributed by atoms with Gasteiger partial charge in [-0.3, -0.25) is 4.79 Å². The Morgan fingerprint density at radius 2 is 1.79 bits per heavy atom. The van der Waals surface area contributed by atoms with Gasteiger partial charge < -0.3 is 18.9 Å². The van der Waals surface area contributed by atoms with E-state index in [0.29, 0.717) is 30.3 Å².